The molecule has 0 bridgehead atoms. The number of imidazole rings is 1. The van der Waals surface area contributed by atoms with Crippen molar-refractivity contribution < 1.29 is 0 Å². The Morgan fingerprint density at radius 1 is 1.18 bits per heavy atom. The third-order valence-corrected chi connectivity index (χ3v) is 2.64. The van der Waals surface area contributed by atoms with E-state index in [1.165, 1.54) is 5.56 Å². The van der Waals surface area contributed by atoms with Crippen LogP contribution in [0.2, 0.25) is 0 Å². The summed E-state index contributed by atoms with van der Waals surface area (Å²) in [5, 5.41) is 0. The monoisotopic (exact) mass is 230 g/mol. The van der Waals surface area contributed by atoms with Crippen LogP contribution in [0.3, 0.4) is 0 Å². The molecule has 17 heavy (non-hydrogen) atoms. The van der Waals surface area contributed by atoms with Gasteiger partial charge in [-0.3, -0.25) is 4.90 Å². The highest BCUT2D eigenvalue weighted by atomic mass is 15.1. The fourth-order valence-corrected chi connectivity index (χ4v) is 1.85. The van der Waals surface area contributed by atoms with E-state index in [1.54, 1.807) is 6.33 Å². The van der Waals surface area contributed by atoms with Crippen molar-refractivity contribution in [2.45, 2.75) is 13.1 Å². The van der Waals surface area contributed by atoms with Gasteiger partial charge in [0.1, 0.15) is 0 Å². The second-order valence-electron chi connectivity index (χ2n) is 4.06. The lowest BCUT2D eigenvalue weighted by Gasteiger charge is -2.20. The van der Waals surface area contributed by atoms with Crippen LogP contribution in [0.5, 0.6) is 0 Å². The van der Waals surface area contributed by atoms with Gasteiger partial charge in [0.05, 0.1) is 6.33 Å². The van der Waals surface area contributed by atoms with Crippen molar-refractivity contribution in [1.82, 2.24) is 14.9 Å². The molecular weight excluding hydrogens is 212 g/mol. The maximum Gasteiger partial charge on any atom is 0.0922 e. The lowest BCUT2D eigenvalue weighted by atomic mass is 10.2. The smallest absolute Gasteiger partial charge is 0.0922 e. The van der Waals surface area contributed by atoms with Crippen molar-refractivity contribution >= 4 is 0 Å². The van der Waals surface area contributed by atoms with Crippen LogP contribution in [0.4, 0.5) is 0 Å². The van der Waals surface area contributed by atoms with Crippen molar-refractivity contribution in [3.8, 4) is 0 Å². The molecule has 0 unspecified atom stereocenters. The molecule has 0 saturated carbocycles. The van der Waals surface area contributed by atoms with Crippen LogP contribution < -0.4 is 5.73 Å². The Bertz CT molecular complexity index is 410. The fraction of sp³-hybridized carbons (Fsp3) is 0.308. The second-order valence-corrected chi connectivity index (χ2v) is 4.06. The first-order chi connectivity index (χ1) is 8.38. The Morgan fingerprint density at radius 3 is 2.65 bits per heavy atom. The van der Waals surface area contributed by atoms with Gasteiger partial charge in [-0.05, 0) is 5.56 Å². The summed E-state index contributed by atoms with van der Waals surface area (Å²) < 4.78 is 0. The number of H-pyrrole nitrogens is 1. The standard InChI is InChI=1S/C13H18N4/c14-6-7-17(10-13-8-15-11-16-13)9-12-4-2-1-3-5-12/h1-5,8,11H,6-7,9-10,14H2,(H,15,16). The van der Waals surface area contributed by atoms with Crippen LogP contribution in [0, 0.1) is 0 Å². The van der Waals surface area contributed by atoms with Gasteiger partial charge in [0.25, 0.3) is 0 Å². The summed E-state index contributed by atoms with van der Waals surface area (Å²) in [5.41, 5.74) is 8.07. The van der Waals surface area contributed by atoms with Crippen LogP contribution in [-0.4, -0.2) is 28.0 Å². The van der Waals surface area contributed by atoms with Gasteiger partial charge < -0.3 is 10.7 Å². The third kappa shape index (κ3) is 3.69. The van der Waals surface area contributed by atoms with E-state index in [-0.39, 0.29) is 0 Å². The molecule has 0 aliphatic rings. The van der Waals surface area contributed by atoms with Gasteiger partial charge in [0.15, 0.2) is 0 Å². The minimum absolute atomic E-state index is 0.668. The lowest BCUT2D eigenvalue weighted by Crippen LogP contribution is -2.28. The second kappa shape index (κ2) is 6.18. The van der Waals surface area contributed by atoms with Gasteiger partial charge in [0, 0.05) is 38.1 Å². The maximum absolute atomic E-state index is 5.64. The van der Waals surface area contributed by atoms with Crippen LogP contribution in [0.25, 0.3) is 0 Å². The number of rotatable bonds is 6. The van der Waals surface area contributed by atoms with E-state index in [0.29, 0.717) is 6.54 Å². The normalized spacial score (nSPS) is 10.9. The Labute approximate surface area is 101 Å². The Balaban J connectivity index is 1.97. The first-order valence-corrected chi connectivity index (χ1v) is 5.82. The average Bonchev–Trinajstić information content (AvgIpc) is 2.83. The molecule has 2 aromatic rings. The summed E-state index contributed by atoms with van der Waals surface area (Å²) in [6, 6.07) is 10.4. The van der Waals surface area contributed by atoms with Gasteiger partial charge in [0.2, 0.25) is 0 Å². The molecule has 0 amide bonds. The molecule has 0 atom stereocenters. The fourth-order valence-electron chi connectivity index (χ4n) is 1.85. The Hall–Kier alpha value is -1.65. The summed E-state index contributed by atoms with van der Waals surface area (Å²) in [6.07, 6.45) is 3.56. The zero-order chi connectivity index (χ0) is 11.9. The third-order valence-electron chi connectivity index (χ3n) is 2.64. The van der Waals surface area contributed by atoms with Gasteiger partial charge in [-0.15, -0.1) is 0 Å². The molecule has 1 heterocycles. The molecule has 0 aliphatic heterocycles. The van der Waals surface area contributed by atoms with E-state index >= 15 is 0 Å². The number of nitrogens with one attached hydrogen (secondary N) is 1. The summed E-state index contributed by atoms with van der Waals surface area (Å²) >= 11 is 0. The van der Waals surface area contributed by atoms with E-state index in [2.05, 4.69) is 39.1 Å². The number of hydrogen-bond acceptors (Lipinski definition) is 3. The van der Waals surface area contributed by atoms with Gasteiger partial charge in [-0.1, -0.05) is 30.3 Å². The molecular formula is C13H18N4. The molecule has 1 aromatic carbocycles. The highest BCUT2D eigenvalue weighted by Gasteiger charge is 2.06. The number of nitrogens with zero attached hydrogens (tertiary/aromatic N) is 2. The molecule has 0 spiro atoms. The summed E-state index contributed by atoms with van der Waals surface area (Å²) in [4.78, 5) is 9.46. The SMILES string of the molecule is NCCN(Cc1ccccc1)Cc1cnc[nH]1. The van der Waals surface area contributed by atoms with Crippen molar-refractivity contribution in [3.63, 3.8) is 0 Å². The first-order valence-electron chi connectivity index (χ1n) is 5.82. The van der Waals surface area contributed by atoms with E-state index in [0.717, 1.165) is 25.3 Å². The zero-order valence-corrected chi connectivity index (χ0v) is 9.84. The highest BCUT2D eigenvalue weighted by molar-refractivity contribution is 5.14. The first kappa shape index (κ1) is 11.8. The van der Waals surface area contributed by atoms with E-state index in [9.17, 15) is 0 Å². The van der Waals surface area contributed by atoms with Crippen LogP contribution in [0.1, 0.15) is 11.3 Å². The molecule has 4 heteroatoms. The molecule has 0 saturated heterocycles. The number of hydrogen-bond donors (Lipinski definition) is 2. The van der Waals surface area contributed by atoms with Crippen molar-refractivity contribution in [1.29, 1.82) is 0 Å². The minimum atomic E-state index is 0.668. The number of aromatic nitrogens is 2. The van der Waals surface area contributed by atoms with Crippen molar-refractivity contribution in [3.05, 3.63) is 54.1 Å². The molecule has 1 aromatic heterocycles. The number of nitrogens with two attached hydrogens (primary N) is 1. The maximum atomic E-state index is 5.64. The van der Waals surface area contributed by atoms with Crippen LogP contribution >= 0.6 is 0 Å². The summed E-state index contributed by atoms with van der Waals surface area (Å²) in [5.74, 6) is 0. The number of benzene rings is 1. The zero-order valence-electron chi connectivity index (χ0n) is 9.84. The molecule has 0 aliphatic carbocycles. The molecule has 90 valence electrons. The predicted molar refractivity (Wildman–Crippen MR) is 68.2 cm³/mol. The Morgan fingerprint density at radius 2 is 2.00 bits per heavy atom. The molecule has 2 rings (SSSR count). The topological polar surface area (TPSA) is 57.9 Å². The highest BCUT2D eigenvalue weighted by Crippen LogP contribution is 2.07. The largest absolute Gasteiger partial charge is 0.347 e. The minimum Gasteiger partial charge on any atom is -0.347 e. The van der Waals surface area contributed by atoms with Gasteiger partial charge in [-0.25, -0.2) is 4.98 Å². The van der Waals surface area contributed by atoms with Gasteiger partial charge >= 0.3 is 0 Å². The van der Waals surface area contributed by atoms with Gasteiger partial charge in [-0.2, -0.15) is 0 Å². The molecule has 3 N–H and O–H groups in total. The van der Waals surface area contributed by atoms with Crippen molar-refractivity contribution in [2.75, 3.05) is 13.1 Å². The van der Waals surface area contributed by atoms with E-state index in [4.69, 9.17) is 5.73 Å². The summed E-state index contributed by atoms with van der Waals surface area (Å²) in [7, 11) is 0. The quantitative estimate of drug-likeness (QED) is 0.788. The molecule has 0 radical (unpaired) electrons. The van der Waals surface area contributed by atoms with Crippen LogP contribution in [-0.2, 0) is 13.1 Å². The van der Waals surface area contributed by atoms with E-state index < -0.39 is 0 Å². The van der Waals surface area contributed by atoms with Crippen molar-refractivity contribution in [2.24, 2.45) is 5.73 Å². The average molecular weight is 230 g/mol. The predicted octanol–water partition coefficient (Wildman–Crippen LogP) is 1.37. The van der Waals surface area contributed by atoms with E-state index in [1.807, 2.05) is 12.3 Å². The molecule has 4 nitrogen and oxygen atoms in total. The summed E-state index contributed by atoms with van der Waals surface area (Å²) in [6.45, 7) is 3.32. The van der Waals surface area contributed by atoms with Crippen LogP contribution in [0.15, 0.2) is 42.9 Å². The lowest BCUT2D eigenvalue weighted by molar-refractivity contribution is 0.261. The Kier molecular flexibility index (Phi) is 4.30. The number of aromatic amines is 1. The molecule has 0 fully saturated rings.